The van der Waals surface area contributed by atoms with Crippen LogP contribution in [0.3, 0.4) is 0 Å². The van der Waals surface area contributed by atoms with Gasteiger partial charge in [0.05, 0.1) is 5.25 Å². The first kappa shape index (κ1) is 21.9. The van der Waals surface area contributed by atoms with E-state index in [1.807, 2.05) is 18.5 Å². The Morgan fingerprint density at radius 2 is 1.69 bits per heavy atom. The number of thioether (sulfide) groups is 1. The number of carbonyl (C=O) groups is 1. The zero-order chi connectivity index (χ0) is 21.3. The van der Waals surface area contributed by atoms with Gasteiger partial charge in [-0.25, -0.2) is 0 Å². The highest BCUT2D eigenvalue weighted by atomic mass is 32.2. The van der Waals surface area contributed by atoms with Crippen molar-refractivity contribution in [2.45, 2.75) is 88.7 Å². The van der Waals surface area contributed by atoms with Gasteiger partial charge in [-0.15, -0.1) is 10.2 Å². The van der Waals surface area contributed by atoms with Crippen LogP contribution in [0.2, 0.25) is 0 Å². The first-order valence-electron chi connectivity index (χ1n) is 10.6. The highest BCUT2D eigenvalue weighted by Gasteiger charge is 2.32. The van der Waals surface area contributed by atoms with Gasteiger partial charge in [0.1, 0.15) is 0 Å². The normalized spacial score (nSPS) is 21.3. The molecular formula is C23H34N4OS. The highest BCUT2D eigenvalue weighted by Crippen LogP contribution is 2.31. The molecule has 6 heteroatoms. The van der Waals surface area contributed by atoms with Gasteiger partial charge in [0.25, 0.3) is 0 Å². The Labute approximate surface area is 179 Å². The van der Waals surface area contributed by atoms with Crippen molar-refractivity contribution in [3.63, 3.8) is 0 Å². The summed E-state index contributed by atoms with van der Waals surface area (Å²) in [5.74, 6) is 1.03. The minimum atomic E-state index is -0.183. The second kappa shape index (κ2) is 8.50. The fourth-order valence-corrected chi connectivity index (χ4v) is 4.93. The third kappa shape index (κ3) is 4.68. The number of amides is 1. The smallest absolute Gasteiger partial charge is 0.236 e. The Bertz CT molecular complexity index is 843. The topological polar surface area (TPSA) is 51.0 Å². The molecule has 1 saturated heterocycles. The van der Waals surface area contributed by atoms with E-state index in [1.165, 1.54) is 23.7 Å². The number of carbonyl (C=O) groups excluding carboxylic acids is 1. The summed E-state index contributed by atoms with van der Waals surface area (Å²) in [6.45, 7) is 12.9. The predicted octanol–water partition coefficient (Wildman–Crippen LogP) is 5.05. The molecule has 2 aromatic rings. The first-order valence-corrected chi connectivity index (χ1v) is 11.5. The van der Waals surface area contributed by atoms with Gasteiger partial charge in [-0.2, -0.15) is 0 Å². The molecule has 1 fully saturated rings. The van der Waals surface area contributed by atoms with Gasteiger partial charge in [-0.1, -0.05) is 56.8 Å². The number of hydrogen-bond donors (Lipinski definition) is 0. The predicted molar refractivity (Wildman–Crippen MR) is 120 cm³/mol. The van der Waals surface area contributed by atoms with Crippen LogP contribution in [0, 0.1) is 0 Å². The average Bonchev–Trinajstić information content (AvgIpc) is 3.01. The molecular weight excluding hydrogens is 380 g/mol. The molecule has 2 heterocycles. The summed E-state index contributed by atoms with van der Waals surface area (Å²) < 4.78 is 1.99. The molecule has 0 radical (unpaired) electrons. The lowest BCUT2D eigenvalue weighted by Gasteiger charge is -2.40. The SMILES string of the molecule is C[C@@H]1CCC[C@H](C)N1C(=O)[C@@H](C)Sc1nnc(-c2ccc(C(C)(C)C)cc2)n1C. The van der Waals surface area contributed by atoms with Gasteiger partial charge in [0.2, 0.25) is 5.91 Å². The highest BCUT2D eigenvalue weighted by molar-refractivity contribution is 8.00. The molecule has 3 atom stereocenters. The molecule has 1 aromatic carbocycles. The summed E-state index contributed by atoms with van der Waals surface area (Å²) in [4.78, 5) is 15.2. The van der Waals surface area contributed by atoms with Crippen molar-refractivity contribution in [1.29, 1.82) is 0 Å². The summed E-state index contributed by atoms with van der Waals surface area (Å²) in [5, 5.41) is 9.37. The van der Waals surface area contributed by atoms with Gasteiger partial charge >= 0.3 is 0 Å². The van der Waals surface area contributed by atoms with Crippen molar-refractivity contribution in [3.8, 4) is 11.4 Å². The number of hydrogen-bond acceptors (Lipinski definition) is 4. The third-order valence-electron chi connectivity index (χ3n) is 5.92. The number of rotatable bonds is 4. The van der Waals surface area contributed by atoms with Crippen molar-refractivity contribution in [2.24, 2.45) is 7.05 Å². The Kier molecular flexibility index (Phi) is 6.42. The van der Waals surface area contributed by atoms with Crippen LogP contribution >= 0.6 is 11.8 Å². The van der Waals surface area contributed by atoms with Crippen molar-refractivity contribution in [3.05, 3.63) is 29.8 Å². The molecule has 158 valence electrons. The maximum atomic E-state index is 13.1. The quantitative estimate of drug-likeness (QED) is 0.657. The molecule has 1 aliphatic rings. The molecule has 5 nitrogen and oxygen atoms in total. The molecule has 1 aliphatic heterocycles. The summed E-state index contributed by atoms with van der Waals surface area (Å²) in [5.41, 5.74) is 2.46. The molecule has 1 amide bonds. The standard InChI is InChI=1S/C23H34N4OS/c1-15-9-8-10-16(2)27(15)21(28)17(3)29-22-25-24-20(26(22)7)18-11-13-19(14-12-18)23(4,5)6/h11-17H,8-10H2,1-7H3/t15-,16+,17-/m1/s1. The molecule has 0 aliphatic carbocycles. The lowest BCUT2D eigenvalue weighted by atomic mass is 9.87. The molecule has 0 spiro atoms. The van der Waals surface area contributed by atoms with Gasteiger partial charge in [-0.3, -0.25) is 4.79 Å². The van der Waals surface area contributed by atoms with Crippen molar-refractivity contribution in [1.82, 2.24) is 19.7 Å². The fourth-order valence-electron chi connectivity index (χ4n) is 4.06. The van der Waals surface area contributed by atoms with Gasteiger partial charge < -0.3 is 9.47 Å². The summed E-state index contributed by atoms with van der Waals surface area (Å²) in [7, 11) is 1.97. The Morgan fingerprint density at radius 3 is 2.24 bits per heavy atom. The van der Waals surface area contributed by atoms with E-state index in [2.05, 4.69) is 74.0 Å². The van der Waals surface area contributed by atoms with Crippen LogP contribution < -0.4 is 0 Å². The van der Waals surface area contributed by atoms with Crippen molar-refractivity contribution in [2.75, 3.05) is 0 Å². The largest absolute Gasteiger partial charge is 0.336 e. The lowest BCUT2D eigenvalue weighted by molar-refractivity contribution is -0.136. The number of nitrogens with zero attached hydrogens (tertiary/aromatic N) is 4. The van der Waals surface area contributed by atoms with E-state index >= 15 is 0 Å². The minimum Gasteiger partial charge on any atom is -0.336 e. The molecule has 3 rings (SSSR count). The Hall–Kier alpha value is -1.82. The van der Waals surface area contributed by atoms with Gasteiger partial charge in [0, 0.05) is 24.7 Å². The maximum absolute atomic E-state index is 13.1. The van der Waals surface area contributed by atoms with E-state index < -0.39 is 0 Å². The minimum absolute atomic E-state index is 0.123. The van der Waals surface area contributed by atoms with E-state index in [4.69, 9.17) is 0 Å². The van der Waals surface area contributed by atoms with Crippen molar-refractivity contribution < 1.29 is 4.79 Å². The zero-order valence-corrected chi connectivity index (χ0v) is 19.6. The molecule has 0 unspecified atom stereocenters. The Balaban J connectivity index is 1.74. The van der Waals surface area contributed by atoms with Crippen LogP contribution in [0.25, 0.3) is 11.4 Å². The Morgan fingerprint density at radius 1 is 1.10 bits per heavy atom. The lowest BCUT2D eigenvalue weighted by Crippen LogP contribution is -2.50. The number of piperidine rings is 1. The van der Waals surface area contributed by atoms with E-state index in [0.717, 1.165) is 29.4 Å². The summed E-state index contributed by atoms with van der Waals surface area (Å²) >= 11 is 1.50. The molecule has 29 heavy (non-hydrogen) atoms. The van der Waals surface area contributed by atoms with Crippen LogP contribution in [0.5, 0.6) is 0 Å². The van der Waals surface area contributed by atoms with E-state index in [1.54, 1.807) is 0 Å². The van der Waals surface area contributed by atoms with Crippen LogP contribution in [0.1, 0.15) is 66.4 Å². The van der Waals surface area contributed by atoms with Crippen LogP contribution in [0.15, 0.2) is 29.4 Å². The fraction of sp³-hybridized carbons (Fsp3) is 0.609. The molecule has 0 bridgehead atoms. The third-order valence-corrected chi connectivity index (χ3v) is 7.04. The number of benzene rings is 1. The van der Waals surface area contributed by atoms with Crippen LogP contribution in [0.4, 0.5) is 0 Å². The average molecular weight is 415 g/mol. The van der Waals surface area contributed by atoms with E-state index in [9.17, 15) is 4.79 Å². The number of aromatic nitrogens is 3. The molecule has 1 aromatic heterocycles. The molecule has 0 N–H and O–H groups in total. The van der Waals surface area contributed by atoms with Crippen molar-refractivity contribution >= 4 is 17.7 Å². The first-order chi connectivity index (χ1) is 13.6. The second-order valence-electron chi connectivity index (χ2n) is 9.33. The van der Waals surface area contributed by atoms with E-state index in [0.29, 0.717) is 12.1 Å². The van der Waals surface area contributed by atoms with Crippen LogP contribution in [-0.2, 0) is 17.3 Å². The summed E-state index contributed by atoms with van der Waals surface area (Å²) in [6, 6.07) is 9.14. The van der Waals surface area contributed by atoms with E-state index in [-0.39, 0.29) is 16.6 Å². The monoisotopic (exact) mass is 414 g/mol. The van der Waals surface area contributed by atoms with Gasteiger partial charge in [0.15, 0.2) is 11.0 Å². The number of likely N-dealkylation sites (tertiary alicyclic amines) is 1. The maximum Gasteiger partial charge on any atom is 0.236 e. The second-order valence-corrected chi connectivity index (χ2v) is 10.6. The summed E-state index contributed by atoms with van der Waals surface area (Å²) in [6.07, 6.45) is 3.38. The van der Waals surface area contributed by atoms with Crippen LogP contribution in [-0.4, -0.2) is 42.9 Å². The van der Waals surface area contributed by atoms with Gasteiger partial charge in [-0.05, 0) is 51.0 Å². The molecule has 0 saturated carbocycles. The zero-order valence-electron chi connectivity index (χ0n) is 18.8.